The van der Waals surface area contributed by atoms with Gasteiger partial charge in [-0.15, -0.1) is 0 Å². The van der Waals surface area contributed by atoms with Crippen LogP contribution in [0.25, 0.3) is 0 Å². The van der Waals surface area contributed by atoms with Gasteiger partial charge in [0.05, 0.1) is 19.8 Å². The highest BCUT2D eigenvalue weighted by Crippen LogP contribution is 2.43. The van der Waals surface area contributed by atoms with Gasteiger partial charge in [0.15, 0.2) is 6.10 Å². The van der Waals surface area contributed by atoms with E-state index in [1.54, 1.807) is 0 Å². The van der Waals surface area contributed by atoms with Crippen molar-refractivity contribution in [3.63, 3.8) is 0 Å². The molecule has 0 heterocycles. The van der Waals surface area contributed by atoms with E-state index in [0.29, 0.717) is 25.7 Å². The van der Waals surface area contributed by atoms with Crippen LogP contribution in [0.15, 0.2) is 109 Å². The molecule has 0 saturated carbocycles. The van der Waals surface area contributed by atoms with Crippen LogP contribution in [0, 0.1) is 0 Å². The van der Waals surface area contributed by atoms with Crippen LogP contribution in [0.3, 0.4) is 0 Å². The number of rotatable bonds is 50. The highest BCUT2D eigenvalue weighted by Gasteiger charge is 2.28. The zero-order chi connectivity index (χ0) is 52.7. The predicted octanol–water partition coefficient (Wildman–Crippen LogP) is 16.2. The van der Waals surface area contributed by atoms with Gasteiger partial charge in [-0.3, -0.25) is 23.4 Å². The minimum atomic E-state index is -4.77. The molecule has 0 saturated heterocycles. The molecule has 410 valence electrons. The number of esters is 3. The molecule has 0 amide bonds. The number of phosphoric ester groups is 1. The fourth-order valence-corrected chi connectivity index (χ4v) is 7.76. The zero-order valence-corrected chi connectivity index (χ0v) is 46.0. The van der Waals surface area contributed by atoms with E-state index < -0.39 is 57.8 Å². The van der Waals surface area contributed by atoms with Crippen LogP contribution in [0.5, 0.6) is 0 Å². The van der Waals surface area contributed by atoms with Gasteiger partial charge in [-0.2, -0.15) is 0 Å². The first kappa shape index (κ1) is 68.1. The normalized spacial score (nSPS) is 14.2. The summed E-state index contributed by atoms with van der Waals surface area (Å²) in [5, 5.41) is 9.78. The maximum Gasteiger partial charge on any atom is 0.472 e. The molecule has 0 aliphatic rings. The van der Waals surface area contributed by atoms with E-state index in [9.17, 15) is 28.9 Å². The lowest BCUT2D eigenvalue weighted by Gasteiger charge is -2.21. The molecule has 0 aromatic rings. The molecule has 0 aromatic carbocycles. The zero-order valence-electron chi connectivity index (χ0n) is 45.1. The maximum atomic E-state index is 12.9. The molecule has 0 rings (SSSR count). The third-order valence-electron chi connectivity index (χ3n) is 11.2. The minimum absolute atomic E-state index is 0.0815. The fourth-order valence-electron chi connectivity index (χ4n) is 6.97. The van der Waals surface area contributed by atoms with Gasteiger partial charge in [0.2, 0.25) is 0 Å². The maximum absolute atomic E-state index is 12.9. The number of allylic oxidation sites excluding steroid dienone is 18. The molecule has 0 spiro atoms. The van der Waals surface area contributed by atoms with Crippen molar-refractivity contribution in [2.45, 2.75) is 226 Å². The summed E-state index contributed by atoms with van der Waals surface area (Å²) in [7, 11) is -4.77. The first-order valence-electron chi connectivity index (χ1n) is 27.8. The topological polar surface area (TPSA) is 155 Å². The highest BCUT2D eigenvalue weighted by atomic mass is 31.2. The third-order valence-corrected chi connectivity index (χ3v) is 12.1. The van der Waals surface area contributed by atoms with Gasteiger partial charge in [0.25, 0.3) is 0 Å². The molecule has 0 radical (unpaired) electrons. The average Bonchev–Trinajstić information content (AvgIpc) is 3.37. The van der Waals surface area contributed by atoms with E-state index in [2.05, 4.69) is 118 Å². The third kappa shape index (κ3) is 51.1. The molecule has 3 unspecified atom stereocenters. The molecular formula is C60H99O11P. The summed E-state index contributed by atoms with van der Waals surface area (Å²) in [5.74, 6) is -1.57. The number of ether oxygens (including phenoxy) is 3. The standard InChI is InChI=1S/C60H99O11P/c1-4-7-10-13-16-19-22-24-26-28-30-32-35-37-40-43-46-49-58(62)67-53-57(71-60(64)51-48-45-42-39-36-33-31-29-27-25-23-20-17-14-11-8-5-2)55-69-72(65,66)68-54-56(52-61)70-59(63)50-47-44-41-38-34-21-18-15-12-9-6-3/h7-8,10-11,15-20,24-27,31,33,39,42,56-57,61H,4-6,9,12-14,21-23,28-30,32,34-38,40-41,43-55H2,1-3H3,(H,65,66)/b10-7-,11-8-,18-15-,19-16-,20-17-,26-24-,27-25-,33-31-,42-39-. The Balaban J connectivity index is 4.86. The lowest BCUT2D eigenvalue weighted by Crippen LogP contribution is -2.30. The van der Waals surface area contributed by atoms with Gasteiger partial charge >= 0.3 is 25.7 Å². The van der Waals surface area contributed by atoms with Crippen LogP contribution >= 0.6 is 7.82 Å². The van der Waals surface area contributed by atoms with Crippen LogP contribution in [-0.4, -0.2) is 66.5 Å². The fraction of sp³-hybridized carbons (Fsp3) is 0.650. The molecule has 11 nitrogen and oxygen atoms in total. The van der Waals surface area contributed by atoms with E-state index in [4.69, 9.17) is 23.3 Å². The Morgan fingerprint density at radius 3 is 1.18 bits per heavy atom. The van der Waals surface area contributed by atoms with Gasteiger partial charge in [-0.25, -0.2) is 4.57 Å². The van der Waals surface area contributed by atoms with Crippen LogP contribution < -0.4 is 0 Å². The van der Waals surface area contributed by atoms with Gasteiger partial charge in [0.1, 0.15) is 12.7 Å². The molecule has 2 N–H and O–H groups in total. The second kappa shape index (κ2) is 53.4. The van der Waals surface area contributed by atoms with E-state index in [-0.39, 0.29) is 25.9 Å². The largest absolute Gasteiger partial charge is 0.472 e. The van der Waals surface area contributed by atoms with Crippen molar-refractivity contribution in [2.75, 3.05) is 26.4 Å². The molecule has 0 fully saturated rings. The molecule has 12 heteroatoms. The number of aliphatic hydroxyl groups excluding tert-OH is 1. The molecule has 0 aliphatic carbocycles. The molecule has 3 atom stereocenters. The van der Waals surface area contributed by atoms with Crippen LogP contribution in [-0.2, 0) is 42.2 Å². The number of phosphoric acid groups is 1. The Kier molecular flexibility index (Phi) is 50.6. The van der Waals surface area contributed by atoms with Crippen molar-refractivity contribution in [1.29, 1.82) is 0 Å². The van der Waals surface area contributed by atoms with E-state index in [1.165, 1.54) is 25.7 Å². The Morgan fingerprint density at radius 2 is 0.736 bits per heavy atom. The lowest BCUT2D eigenvalue weighted by molar-refractivity contribution is -0.161. The summed E-state index contributed by atoms with van der Waals surface area (Å²) < 4.78 is 39.4. The summed E-state index contributed by atoms with van der Waals surface area (Å²) in [6, 6.07) is 0. The second-order valence-corrected chi connectivity index (χ2v) is 19.4. The van der Waals surface area contributed by atoms with Crippen molar-refractivity contribution in [3.8, 4) is 0 Å². The van der Waals surface area contributed by atoms with Crippen molar-refractivity contribution < 1.29 is 52.2 Å². The van der Waals surface area contributed by atoms with E-state index >= 15 is 0 Å². The van der Waals surface area contributed by atoms with E-state index in [1.807, 2.05) is 12.2 Å². The first-order chi connectivity index (χ1) is 35.2. The Labute approximate surface area is 437 Å². The Hall–Kier alpha value is -3.86. The molecule has 0 bridgehead atoms. The molecule has 72 heavy (non-hydrogen) atoms. The Bertz CT molecular complexity index is 1620. The number of carbonyl (C=O) groups excluding carboxylic acids is 3. The van der Waals surface area contributed by atoms with Crippen LogP contribution in [0.2, 0.25) is 0 Å². The summed E-state index contributed by atoms with van der Waals surface area (Å²) in [5.41, 5.74) is 0. The van der Waals surface area contributed by atoms with Gasteiger partial charge in [-0.05, 0) is 109 Å². The second-order valence-electron chi connectivity index (χ2n) is 18.0. The number of unbranched alkanes of at least 4 members (excludes halogenated alkanes) is 15. The summed E-state index contributed by atoms with van der Waals surface area (Å²) in [6.07, 6.45) is 63.5. The highest BCUT2D eigenvalue weighted by molar-refractivity contribution is 7.47. The summed E-state index contributed by atoms with van der Waals surface area (Å²) in [4.78, 5) is 48.4. The quantitative estimate of drug-likeness (QED) is 0.0197. The van der Waals surface area contributed by atoms with Crippen LogP contribution in [0.4, 0.5) is 0 Å². The smallest absolute Gasteiger partial charge is 0.462 e. The van der Waals surface area contributed by atoms with Gasteiger partial charge in [0, 0.05) is 19.3 Å². The van der Waals surface area contributed by atoms with Crippen molar-refractivity contribution in [1.82, 2.24) is 0 Å². The number of hydrogen-bond acceptors (Lipinski definition) is 10. The first-order valence-corrected chi connectivity index (χ1v) is 29.3. The van der Waals surface area contributed by atoms with Crippen molar-refractivity contribution in [3.05, 3.63) is 109 Å². The SMILES string of the molecule is CC/C=C\C/C=C\C/C=C\C/C=C\C/C=C\CCCC(=O)OC(COC(=O)CCCCCCCCC/C=C\C/C=C\C/C=C\CC)COP(=O)(O)OCC(CO)OC(=O)CCCCCCC/C=C\CCCC. The van der Waals surface area contributed by atoms with Crippen LogP contribution in [0.1, 0.15) is 213 Å². The monoisotopic (exact) mass is 1030 g/mol. The number of aliphatic hydroxyl groups is 1. The lowest BCUT2D eigenvalue weighted by atomic mass is 10.1. The molecule has 0 aromatic heterocycles. The predicted molar refractivity (Wildman–Crippen MR) is 297 cm³/mol. The summed E-state index contributed by atoms with van der Waals surface area (Å²) in [6.45, 7) is 4.27. The number of hydrogen-bond donors (Lipinski definition) is 2. The Morgan fingerprint density at radius 1 is 0.403 bits per heavy atom. The average molecular weight is 1030 g/mol. The van der Waals surface area contributed by atoms with E-state index in [0.717, 1.165) is 122 Å². The van der Waals surface area contributed by atoms with Gasteiger partial charge in [-0.1, -0.05) is 194 Å². The molecular weight excluding hydrogens is 928 g/mol. The summed E-state index contributed by atoms with van der Waals surface area (Å²) >= 11 is 0. The minimum Gasteiger partial charge on any atom is -0.462 e. The van der Waals surface area contributed by atoms with Gasteiger partial charge < -0.3 is 24.2 Å². The number of carbonyl (C=O) groups is 3. The van der Waals surface area contributed by atoms with Crippen molar-refractivity contribution in [2.24, 2.45) is 0 Å². The van der Waals surface area contributed by atoms with Crippen molar-refractivity contribution >= 4 is 25.7 Å². The molecule has 0 aliphatic heterocycles.